The van der Waals surface area contributed by atoms with E-state index >= 15 is 0 Å². The smallest absolute Gasteiger partial charge is 0.258 e. The molecule has 0 bridgehead atoms. The number of aryl methyl sites for hydroxylation is 1. The van der Waals surface area contributed by atoms with Gasteiger partial charge in [-0.05, 0) is 60.5 Å². The molecule has 5 rings (SSSR count). The van der Waals surface area contributed by atoms with Gasteiger partial charge >= 0.3 is 0 Å². The lowest BCUT2D eigenvalue weighted by Gasteiger charge is -2.17. The number of benzene rings is 3. The van der Waals surface area contributed by atoms with Gasteiger partial charge in [0.15, 0.2) is 0 Å². The number of anilines is 3. The monoisotopic (exact) mass is 479 g/mol. The lowest BCUT2D eigenvalue weighted by molar-refractivity contribution is -0.116. The normalized spacial score (nSPS) is 12.2. The molecule has 3 amide bonds. The second kappa shape index (κ2) is 10.3. The second-order valence-corrected chi connectivity index (χ2v) is 8.55. The molecular formula is C28H25N5O3. The molecule has 0 aliphatic carbocycles. The summed E-state index contributed by atoms with van der Waals surface area (Å²) in [6, 6.07) is 21.6. The summed E-state index contributed by atoms with van der Waals surface area (Å²) in [5.74, 6) is -0.520. The van der Waals surface area contributed by atoms with Gasteiger partial charge in [-0.3, -0.25) is 14.4 Å². The molecule has 8 heteroatoms. The van der Waals surface area contributed by atoms with Crippen molar-refractivity contribution in [2.24, 2.45) is 0 Å². The number of amides is 3. The van der Waals surface area contributed by atoms with E-state index in [-0.39, 0.29) is 17.7 Å². The molecule has 1 aliphatic rings. The Morgan fingerprint density at radius 3 is 2.50 bits per heavy atom. The first kappa shape index (κ1) is 23.0. The quantitative estimate of drug-likeness (QED) is 0.412. The van der Waals surface area contributed by atoms with Gasteiger partial charge in [-0.2, -0.15) is 0 Å². The van der Waals surface area contributed by atoms with Crippen molar-refractivity contribution >= 4 is 34.8 Å². The first-order valence-corrected chi connectivity index (χ1v) is 11.7. The molecule has 0 fully saturated rings. The van der Waals surface area contributed by atoms with Crippen LogP contribution in [0.25, 0.3) is 0 Å². The standard InChI is InChI=1S/C28H25N5O3/c34-26(13-15-32-17-14-29-19-32)30-24-6-3-5-22(18-24)27(35)31-23-10-8-21(9-11-23)28(36)33-16-12-20-4-1-2-7-25(20)33/h1-11,14,17-19H,12-13,15-16H2,(H,30,34)(H,31,35). The Kier molecular flexibility index (Phi) is 6.57. The molecule has 36 heavy (non-hydrogen) atoms. The molecule has 0 atom stereocenters. The van der Waals surface area contributed by atoms with Crippen molar-refractivity contribution in [3.8, 4) is 0 Å². The van der Waals surface area contributed by atoms with Crippen molar-refractivity contribution in [3.05, 3.63) is 108 Å². The maximum Gasteiger partial charge on any atom is 0.258 e. The summed E-state index contributed by atoms with van der Waals surface area (Å²) in [5, 5.41) is 5.67. The zero-order valence-corrected chi connectivity index (χ0v) is 19.6. The Bertz CT molecular complexity index is 1400. The molecule has 0 radical (unpaired) electrons. The number of carbonyl (C=O) groups excluding carboxylic acids is 3. The molecule has 0 saturated carbocycles. The number of aromatic nitrogens is 2. The van der Waals surface area contributed by atoms with Gasteiger partial charge in [-0.1, -0.05) is 24.3 Å². The fraction of sp³-hybridized carbons (Fsp3) is 0.143. The third kappa shape index (κ3) is 5.17. The third-order valence-electron chi connectivity index (χ3n) is 6.09. The molecule has 4 aromatic rings. The first-order valence-electron chi connectivity index (χ1n) is 11.7. The summed E-state index contributed by atoms with van der Waals surface area (Å²) >= 11 is 0. The number of para-hydroxylation sites is 1. The summed E-state index contributed by atoms with van der Waals surface area (Å²) < 4.78 is 1.83. The van der Waals surface area contributed by atoms with Crippen LogP contribution in [0.5, 0.6) is 0 Å². The van der Waals surface area contributed by atoms with Crippen molar-refractivity contribution in [2.45, 2.75) is 19.4 Å². The van der Waals surface area contributed by atoms with E-state index < -0.39 is 0 Å². The van der Waals surface area contributed by atoms with E-state index in [1.54, 1.807) is 72.2 Å². The highest BCUT2D eigenvalue weighted by Gasteiger charge is 2.25. The maximum absolute atomic E-state index is 13.0. The molecule has 2 N–H and O–H groups in total. The number of rotatable bonds is 7. The van der Waals surface area contributed by atoms with Crippen molar-refractivity contribution in [3.63, 3.8) is 0 Å². The zero-order chi connectivity index (χ0) is 24.9. The molecule has 0 saturated heterocycles. The Balaban J connectivity index is 1.19. The molecular weight excluding hydrogens is 454 g/mol. The van der Waals surface area contributed by atoms with Gasteiger partial charge in [0, 0.05) is 60.1 Å². The number of imidazole rings is 1. The highest BCUT2D eigenvalue weighted by molar-refractivity contribution is 6.08. The van der Waals surface area contributed by atoms with Gasteiger partial charge in [0.05, 0.1) is 6.33 Å². The summed E-state index contributed by atoms with van der Waals surface area (Å²) in [4.78, 5) is 43.8. The predicted molar refractivity (Wildman–Crippen MR) is 138 cm³/mol. The maximum atomic E-state index is 13.0. The van der Waals surface area contributed by atoms with Crippen LogP contribution in [0.2, 0.25) is 0 Å². The molecule has 0 unspecified atom stereocenters. The molecule has 8 nitrogen and oxygen atoms in total. The molecule has 0 spiro atoms. The Labute approximate surface area is 208 Å². The number of fused-ring (bicyclic) bond motifs is 1. The first-order chi connectivity index (χ1) is 17.6. The van der Waals surface area contributed by atoms with E-state index in [1.165, 1.54) is 5.56 Å². The summed E-state index contributed by atoms with van der Waals surface area (Å²) in [6.45, 7) is 1.18. The van der Waals surface area contributed by atoms with E-state index in [0.717, 1.165) is 12.1 Å². The molecule has 3 aromatic carbocycles. The van der Waals surface area contributed by atoms with Crippen LogP contribution in [0.4, 0.5) is 17.1 Å². The van der Waals surface area contributed by atoms with Gasteiger partial charge in [0.2, 0.25) is 5.91 Å². The van der Waals surface area contributed by atoms with Crippen molar-refractivity contribution in [1.29, 1.82) is 0 Å². The van der Waals surface area contributed by atoms with E-state index in [2.05, 4.69) is 15.6 Å². The Morgan fingerprint density at radius 1 is 0.861 bits per heavy atom. The molecule has 1 aliphatic heterocycles. The van der Waals surface area contributed by atoms with Crippen molar-refractivity contribution in [1.82, 2.24) is 9.55 Å². The molecule has 2 heterocycles. The van der Waals surface area contributed by atoms with E-state index in [1.807, 2.05) is 28.8 Å². The van der Waals surface area contributed by atoms with Crippen LogP contribution in [0.15, 0.2) is 91.5 Å². The number of hydrogen-bond donors (Lipinski definition) is 2. The minimum absolute atomic E-state index is 0.0608. The summed E-state index contributed by atoms with van der Waals surface area (Å²) in [6.07, 6.45) is 6.26. The summed E-state index contributed by atoms with van der Waals surface area (Å²) in [7, 11) is 0. The minimum Gasteiger partial charge on any atom is -0.337 e. The number of carbonyl (C=O) groups is 3. The van der Waals surface area contributed by atoms with Crippen LogP contribution >= 0.6 is 0 Å². The van der Waals surface area contributed by atoms with Gasteiger partial charge in [-0.15, -0.1) is 0 Å². The molecule has 180 valence electrons. The largest absolute Gasteiger partial charge is 0.337 e. The predicted octanol–water partition coefficient (Wildman–Crippen LogP) is 4.37. The number of nitrogens with zero attached hydrogens (tertiary/aromatic N) is 3. The fourth-order valence-electron chi connectivity index (χ4n) is 4.22. The van der Waals surface area contributed by atoms with E-state index in [9.17, 15) is 14.4 Å². The van der Waals surface area contributed by atoms with Crippen LogP contribution in [0.3, 0.4) is 0 Å². The van der Waals surface area contributed by atoms with Gasteiger partial charge in [0.25, 0.3) is 11.8 Å². The number of nitrogens with one attached hydrogen (secondary N) is 2. The van der Waals surface area contributed by atoms with Crippen molar-refractivity contribution < 1.29 is 14.4 Å². The lowest BCUT2D eigenvalue weighted by atomic mass is 10.1. The third-order valence-corrected chi connectivity index (χ3v) is 6.09. The minimum atomic E-state index is -0.308. The SMILES string of the molecule is O=C(CCn1ccnc1)Nc1cccc(C(=O)Nc2ccc(C(=O)N3CCc4ccccc43)cc2)c1. The van der Waals surface area contributed by atoms with Crippen LogP contribution in [0.1, 0.15) is 32.7 Å². The lowest BCUT2D eigenvalue weighted by Crippen LogP contribution is -2.28. The average molecular weight is 480 g/mol. The molecule has 1 aromatic heterocycles. The van der Waals surface area contributed by atoms with Crippen LogP contribution in [0, 0.1) is 0 Å². The van der Waals surface area contributed by atoms with Gasteiger partial charge in [-0.25, -0.2) is 4.98 Å². The van der Waals surface area contributed by atoms with Crippen LogP contribution in [-0.4, -0.2) is 33.8 Å². The topological polar surface area (TPSA) is 96.3 Å². The zero-order valence-electron chi connectivity index (χ0n) is 19.6. The van der Waals surface area contributed by atoms with Crippen molar-refractivity contribution in [2.75, 3.05) is 22.1 Å². The van der Waals surface area contributed by atoms with Gasteiger partial charge in [0.1, 0.15) is 0 Å². The number of hydrogen-bond acceptors (Lipinski definition) is 4. The highest BCUT2D eigenvalue weighted by Crippen LogP contribution is 2.29. The van der Waals surface area contributed by atoms with E-state index in [0.29, 0.717) is 42.0 Å². The van der Waals surface area contributed by atoms with E-state index in [4.69, 9.17) is 0 Å². The van der Waals surface area contributed by atoms with Gasteiger partial charge < -0.3 is 20.1 Å². The Hall–Kier alpha value is -4.72. The second-order valence-electron chi connectivity index (χ2n) is 8.55. The van der Waals surface area contributed by atoms with Crippen LogP contribution in [-0.2, 0) is 17.8 Å². The average Bonchev–Trinajstić information content (AvgIpc) is 3.58. The Morgan fingerprint density at radius 2 is 1.69 bits per heavy atom. The highest BCUT2D eigenvalue weighted by atomic mass is 16.2. The summed E-state index contributed by atoms with van der Waals surface area (Å²) in [5.41, 5.74) is 4.22. The van der Waals surface area contributed by atoms with Crippen LogP contribution < -0.4 is 15.5 Å². The fourth-order valence-corrected chi connectivity index (χ4v) is 4.22.